The Kier molecular flexibility index (Phi) is 6.66. The van der Waals surface area contributed by atoms with Crippen molar-refractivity contribution in [3.05, 3.63) is 84.2 Å². The number of hydrogen-bond donors (Lipinski definition) is 1. The summed E-state index contributed by atoms with van der Waals surface area (Å²) in [4.78, 5) is 16.9. The predicted octanol–water partition coefficient (Wildman–Crippen LogP) is 2.79. The van der Waals surface area contributed by atoms with Gasteiger partial charge in [-0.05, 0) is 48.2 Å². The minimum atomic E-state index is -3.77. The number of benzene rings is 2. The van der Waals surface area contributed by atoms with E-state index in [1.54, 1.807) is 12.5 Å². The molecule has 0 radical (unpaired) electrons. The molecule has 9 heteroatoms. The molecule has 3 aromatic rings. The summed E-state index contributed by atoms with van der Waals surface area (Å²) >= 11 is 0. The van der Waals surface area contributed by atoms with E-state index in [1.165, 1.54) is 16.4 Å². The lowest BCUT2D eigenvalue weighted by Gasteiger charge is -2.31. The third-order valence-corrected chi connectivity index (χ3v) is 7.57. The monoisotopic (exact) mass is 456 g/mol. The highest BCUT2D eigenvalue weighted by atomic mass is 32.2. The van der Waals surface area contributed by atoms with Gasteiger partial charge in [0.05, 0.1) is 17.1 Å². The molecule has 1 fully saturated rings. The van der Waals surface area contributed by atoms with Gasteiger partial charge in [-0.3, -0.25) is 4.79 Å². The van der Waals surface area contributed by atoms with Crippen LogP contribution in [0, 0.1) is 11.7 Å². The zero-order chi connectivity index (χ0) is 22.6. The molecule has 0 bridgehead atoms. The van der Waals surface area contributed by atoms with E-state index in [0.717, 1.165) is 23.3 Å². The van der Waals surface area contributed by atoms with Crippen LogP contribution >= 0.6 is 0 Å². The number of carbonyl (C=O) groups is 1. The molecule has 1 N–H and O–H groups in total. The quantitative estimate of drug-likeness (QED) is 0.593. The Hall–Kier alpha value is -3.04. The molecule has 4 rings (SSSR count). The largest absolute Gasteiger partial charge is 0.352 e. The fourth-order valence-electron chi connectivity index (χ4n) is 3.92. The van der Waals surface area contributed by atoms with Gasteiger partial charge in [-0.1, -0.05) is 24.3 Å². The first kappa shape index (κ1) is 22.2. The van der Waals surface area contributed by atoms with Crippen molar-refractivity contribution < 1.29 is 17.6 Å². The number of halogens is 1. The second-order valence-corrected chi connectivity index (χ2v) is 9.82. The summed E-state index contributed by atoms with van der Waals surface area (Å²) < 4.78 is 42.3. The van der Waals surface area contributed by atoms with E-state index in [9.17, 15) is 17.6 Å². The number of nitrogens with one attached hydrogen (secondary N) is 1. The van der Waals surface area contributed by atoms with Crippen molar-refractivity contribution in [3.8, 4) is 0 Å². The van der Waals surface area contributed by atoms with Crippen molar-refractivity contribution in [1.82, 2.24) is 19.2 Å². The summed E-state index contributed by atoms with van der Waals surface area (Å²) in [6.07, 6.45) is 6.56. The van der Waals surface area contributed by atoms with Gasteiger partial charge in [-0.2, -0.15) is 4.31 Å². The summed E-state index contributed by atoms with van der Waals surface area (Å²) in [5.41, 5.74) is 2.08. The van der Waals surface area contributed by atoms with E-state index in [0.29, 0.717) is 32.5 Å². The number of rotatable bonds is 7. The first-order valence-electron chi connectivity index (χ1n) is 10.5. The number of sulfonamides is 1. The molecule has 2 aromatic carbocycles. The van der Waals surface area contributed by atoms with Crippen molar-refractivity contribution in [3.63, 3.8) is 0 Å². The lowest BCUT2D eigenvalue weighted by Crippen LogP contribution is -2.45. The van der Waals surface area contributed by atoms with Crippen LogP contribution in [0.5, 0.6) is 0 Å². The maximum absolute atomic E-state index is 13.2. The van der Waals surface area contributed by atoms with E-state index in [4.69, 9.17) is 0 Å². The highest BCUT2D eigenvalue weighted by molar-refractivity contribution is 7.89. The molecule has 1 amide bonds. The van der Waals surface area contributed by atoms with Crippen molar-refractivity contribution in [2.75, 3.05) is 13.1 Å². The Morgan fingerprint density at radius 1 is 1.12 bits per heavy atom. The van der Waals surface area contributed by atoms with Gasteiger partial charge in [0, 0.05) is 38.6 Å². The molecule has 32 heavy (non-hydrogen) atoms. The van der Waals surface area contributed by atoms with Crippen molar-refractivity contribution in [2.45, 2.75) is 30.8 Å². The van der Waals surface area contributed by atoms with Crippen LogP contribution < -0.4 is 5.32 Å². The fraction of sp³-hybridized carbons (Fsp3) is 0.304. The zero-order valence-corrected chi connectivity index (χ0v) is 18.3. The summed E-state index contributed by atoms with van der Waals surface area (Å²) in [7, 11) is -3.77. The number of nitrogens with zero attached hydrogens (tertiary/aromatic N) is 3. The van der Waals surface area contributed by atoms with Gasteiger partial charge >= 0.3 is 0 Å². The van der Waals surface area contributed by atoms with Gasteiger partial charge in [0.1, 0.15) is 5.82 Å². The van der Waals surface area contributed by atoms with E-state index < -0.39 is 21.8 Å². The van der Waals surface area contributed by atoms with Crippen LogP contribution in [0.1, 0.15) is 24.0 Å². The van der Waals surface area contributed by atoms with E-state index >= 15 is 0 Å². The van der Waals surface area contributed by atoms with Crippen LogP contribution in [-0.2, 0) is 27.9 Å². The molecule has 0 spiro atoms. The van der Waals surface area contributed by atoms with Gasteiger partial charge in [0.15, 0.2) is 0 Å². The van der Waals surface area contributed by atoms with Crippen LogP contribution in [-0.4, -0.2) is 41.3 Å². The van der Waals surface area contributed by atoms with Gasteiger partial charge in [-0.15, -0.1) is 0 Å². The maximum atomic E-state index is 13.2. The molecule has 168 valence electrons. The number of carbonyl (C=O) groups excluding carboxylic acids is 1. The lowest BCUT2D eigenvalue weighted by molar-refractivity contribution is -0.126. The van der Waals surface area contributed by atoms with E-state index in [2.05, 4.69) is 10.3 Å². The summed E-state index contributed by atoms with van der Waals surface area (Å²) in [6.45, 7) is 1.48. The highest BCUT2D eigenvalue weighted by Gasteiger charge is 2.33. The third kappa shape index (κ3) is 5.05. The molecule has 0 unspecified atom stereocenters. The van der Waals surface area contributed by atoms with Crippen molar-refractivity contribution >= 4 is 15.9 Å². The van der Waals surface area contributed by atoms with Gasteiger partial charge in [0.2, 0.25) is 15.9 Å². The molecule has 0 saturated carbocycles. The molecule has 2 heterocycles. The van der Waals surface area contributed by atoms with Crippen LogP contribution in [0.2, 0.25) is 0 Å². The summed E-state index contributed by atoms with van der Waals surface area (Å²) in [5.74, 6) is -1.09. The zero-order valence-electron chi connectivity index (χ0n) is 17.5. The number of imidazole rings is 1. The molecule has 7 nitrogen and oxygen atoms in total. The number of piperidine rings is 1. The summed E-state index contributed by atoms with van der Waals surface area (Å²) in [5, 5.41) is 2.97. The predicted molar refractivity (Wildman–Crippen MR) is 118 cm³/mol. The molecule has 1 aromatic heterocycles. The van der Waals surface area contributed by atoms with Crippen molar-refractivity contribution in [1.29, 1.82) is 0 Å². The van der Waals surface area contributed by atoms with Crippen LogP contribution in [0.4, 0.5) is 4.39 Å². The lowest BCUT2D eigenvalue weighted by atomic mass is 9.98. The highest BCUT2D eigenvalue weighted by Crippen LogP contribution is 2.24. The molecule has 1 saturated heterocycles. The number of aromatic nitrogens is 2. The van der Waals surface area contributed by atoms with Crippen molar-refractivity contribution in [2.24, 2.45) is 5.92 Å². The van der Waals surface area contributed by atoms with E-state index in [-0.39, 0.29) is 17.3 Å². The van der Waals surface area contributed by atoms with Crippen LogP contribution in [0.25, 0.3) is 0 Å². The number of hydrogen-bond acceptors (Lipinski definition) is 4. The van der Waals surface area contributed by atoms with Crippen LogP contribution in [0.15, 0.2) is 72.1 Å². The molecule has 1 aliphatic heterocycles. The number of amides is 1. The minimum absolute atomic E-state index is 0.0355. The topological polar surface area (TPSA) is 84.3 Å². The smallest absolute Gasteiger partial charge is 0.243 e. The second kappa shape index (κ2) is 9.62. The standard InChI is InChI=1S/C23H25FN4O3S/c24-21-7-9-22(10-8-21)32(30,31)28-12-3-6-20(16-28)23(29)26-14-18-4-1-2-5-19(18)15-27-13-11-25-17-27/h1-2,4-5,7-11,13,17,20H,3,6,12,14-16H2,(H,26,29)/t20-/m0/s1. The normalized spacial score (nSPS) is 17.2. The molecule has 1 atom stereocenters. The van der Waals surface area contributed by atoms with Crippen LogP contribution in [0.3, 0.4) is 0 Å². The summed E-state index contributed by atoms with van der Waals surface area (Å²) in [6, 6.07) is 12.6. The minimum Gasteiger partial charge on any atom is -0.352 e. The Labute approximate surface area is 186 Å². The Bertz CT molecular complexity index is 1160. The van der Waals surface area contributed by atoms with Gasteiger partial charge < -0.3 is 9.88 Å². The Morgan fingerprint density at radius 2 is 1.88 bits per heavy atom. The molecule has 0 aliphatic carbocycles. The van der Waals surface area contributed by atoms with Gasteiger partial charge in [0.25, 0.3) is 0 Å². The Balaban J connectivity index is 1.40. The first-order valence-corrected chi connectivity index (χ1v) is 11.9. The SMILES string of the molecule is O=C(NCc1ccccc1Cn1ccnc1)[C@H]1CCCN(S(=O)(=O)c2ccc(F)cc2)C1. The molecular formula is C23H25FN4O3S. The first-order chi connectivity index (χ1) is 15.4. The third-order valence-electron chi connectivity index (χ3n) is 5.69. The maximum Gasteiger partial charge on any atom is 0.243 e. The van der Waals surface area contributed by atoms with Gasteiger partial charge in [-0.25, -0.2) is 17.8 Å². The molecule has 1 aliphatic rings. The fourth-order valence-corrected chi connectivity index (χ4v) is 5.44. The second-order valence-electron chi connectivity index (χ2n) is 7.88. The van der Waals surface area contributed by atoms with E-state index in [1.807, 2.05) is 35.0 Å². The molecular weight excluding hydrogens is 431 g/mol. The average Bonchev–Trinajstić information content (AvgIpc) is 3.32. The average molecular weight is 457 g/mol. The Morgan fingerprint density at radius 3 is 2.59 bits per heavy atom.